The molecule has 1 heterocycles. The highest BCUT2D eigenvalue weighted by atomic mass is 16.5. The third-order valence-corrected chi connectivity index (χ3v) is 4.60. The lowest BCUT2D eigenvalue weighted by molar-refractivity contribution is 0.0468. The summed E-state index contributed by atoms with van der Waals surface area (Å²) in [4.78, 5) is 4.78. The van der Waals surface area contributed by atoms with Gasteiger partial charge in [-0.25, -0.2) is 0 Å². The van der Waals surface area contributed by atoms with Crippen LogP contribution in [0.15, 0.2) is 18.2 Å². The molecule has 1 saturated heterocycles. The van der Waals surface area contributed by atoms with E-state index in [0.29, 0.717) is 19.1 Å². The molecule has 0 amide bonds. The molecule has 0 saturated carbocycles. The zero-order chi connectivity index (χ0) is 16.8. The summed E-state index contributed by atoms with van der Waals surface area (Å²) in [6.45, 7) is 15.0. The maximum atomic E-state index is 10.3. The average molecular weight is 320 g/mol. The Bertz CT molecular complexity index is 482. The van der Waals surface area contributed by atoms with Crippen LogP contribution in [0.3, 0.4) is 0 Å². The summed E-state index contributed by atoms with van der Waals surface area (Å²) >= 11 is 0. The number of aliphatic hydroxyl groups excluding tert-OH is 1. The zero-order valence-corrected chi connectivity index (χ0v) is 15.1. The number of nitrogens with zero attached hydrogens (tertiary/aromatic N) is 2. The van der Waals surface area contributed by atoms with Crippen LogP contribution in [-0.4, -0.2) is 66.9 Å². The Balaban J connectivity index is 1.83. The fourth-order valence-corrected chi connectivity index (χ4v) is 3.07. The van der Waals surface area contributed by atoms with E-state index in [2.05, 4.69) is 55.7 Å². The van der Waals surface area contributed by atoms with Crippen LogP contribution in [0.1, 0.15) is 37.8 Å². The number of hydrogen-bond donors (Lipinski definition) is 1. The van der Waals surface area contributed by atoms with Crippen LogP contribution in [0.4, 0.5) is 0 Å². The smallest absolute Gasteiger partial charge is 0.123 e. The van der Waals surface area contributed by atoms with E-state index in [9.17, 15) is 5.11 Å². The highest BCUT2D eigenvalue weighted by molar-refractivity contribution is 5.39. The minimum Gasteiger partial charge on any atom is -0.491 e. The molecule has 1 aliphatic rings. The van der Waals surface area contributed by atoms with E-state index in [0.717, 1.165) is 38.5 Å². The summed E-state index contributed by atoms with van der Waals surface area (Å²) in [7, 11) is 0. The second-order valence-corrected chi connectivity index (χ2v) is 6.90. The summed E-state index contributed by atoms with van der Waals surface area (Å²) in [5.74, 6) is 1.33. The predicted octanol–water partition coefficient (Wildman–Crippen LogP) is 2.50. The maximum absolute atomic E-state index is 10.3. The van der Waals surface area contributed by atoms with E-state index in [4.69, 9.17) is 4.74 Å². The van der Waals surface area contributed by atoms with Gasteiger partial charge in [-0.2, -0.15) is 0 Å². The SMILES string of the molecule is CCN1CCN(C[C@H](O)COc2cc(C)ccc2C(C)C)CC1. The topological polar surface area (TPSA) is 35.9 Å². The Hall–Kier alpha value is -1.10. The van der Waals surface area contributed by atoms with Crippen LogP contribution in [0.25, 0.3) is 0 Å². The van der Waals surface area contributed by atoms with Gasteiger partial charge in [0, 0.05) is 32.7 Å². The van der Waals surface area contributed by atoms with E-state index in [-0.39, 0.29) is 0 Å². The van der Waals surface area contributed by atoms with Crippen LogP contribution in [0, 0.1) is 6.92 Å². The lowest BCUT2D eigenvalue weighted by Gasteiger charge is -2.35. The lowest BCUT2D eigenvalue weighted by atomic mass is 10.0. The average Bonchev–Trinajstić information content (AvgIpc) is 2.53. The third kappa shape index (κ3) is 5.48. The molecule has 0 unspecified atom stereocenters. The van der Waals surface area contributed by atoms with E-state index < -0.39 is 6.10 Å². The van der Waals surface area contributed by atoms with Crippen LogP contribution in [-0.2, 0) is 0 Å². The molecule has 0 spiro atoms. The highest BCUT2D eigenvalue weighted by Crippen LogP contribution is 2.27. The first-order valence-corrected chi connectivity index (χ1v) is 8.85. The highest BCUT2D eigenvalue weighted by Gasteiger charge is 2.19. The van der Waals surface area contributed by atoms with Crippen molar-refractivity contribution in [1.29, 1.82) is 0 Å². The molecule has 1 aliphatic heterocycles. The number of β-amino-alcohol motifs (C(OH)–C–C–N with tert-alkyl or cyclic N) is 1. The molecule has 1 N–H and O–H groups in total. The van der Waals surface area contributed by atoms with Gasteiger partial charge in [0.25, 0.3) is 0 Å². The Kier molecular flexibility index (Phi) is 6.88. The second kappa shape index (κ2) is 8.67. The molecule has 1 aromatic carbocycles. The molecular formula is C19H32N2O2. The lowest BCUT2D eigenvalue weighted by Crippen LogP contribution is -2.49. The normalized spacial score (nSPS) is 18.3. The van der Waals surface area contributed by atoms with Crippen molar-refractivity contribution < 1.29 is 9.84 Å². The standard InChI is InChI=1S/C19H32N2O2/c1-5-20-8-10-21(11-9-20)13-17(22)14-23-19-12-16(4)6-7-18(19)15(2)3/h6-7,12,15,17,22H,5,8-11,13-14H2,1-4H3/t17-/m0/s1. The monoisotopic (exact) mass is 320 g/mol. The Morgan fingerprint density at radius 3 is 2.39 bits per heavy atom. The predicted molar refractivity (Wildman–Crippen MR) is 95.3 cm³/mol. The summed E-state index contributed by atoms with van der Waals surface area (Å²) < 4.78 is 5.94. The summed E-state index contributed by atoms with van der Waals surface area (Å²) in [6, 6.07) is 6.32. The van der Waals surface area contributed by atoms with Gasteiger partial charge in [0.15, 0.2) is 0 Å². The van der Waals surface area contributed by atoms with E-state index in [1.807, 2.05) is 0 Å². The Labute approximate surface area is 141 Å². The molecule has 4 nitrogen and oxygen atoms in total. The molecule has 0 radical (unpaired) electrons. The van der Waals surface area contributed by atoms with Gasteiger partial charge in [0.1, 0.15) is 18.5 Å². The van der Waals surface area contributed by atoms with Crippen molar-refractivity contribution in [3.63, 3.8) is 0 Å². The number of piperazine rings is 1. The molecule has 2 rings (SSSR count). The van der Waals surface area contributed by atoms with Crippen molar-refractivity contribution in [2.24, 2.45) is 0 Å². The Morgan fingerprint density at radius 1 is 1.13 bits per heavy atom. The van der Waals surface area contributed by atoms with Crippen LogP contribution in [0.5, 0.6) is 5.75 Å². The second-order valence-electron chi connectivity index (χ2n) is 6.90. The number of ether oxygens (including phenoxy) is 1. The van der Waals surface area contributed by atoms with Crippen molar-refractivity contribution >= 4 is 0 Å². The molecule has 1 atom stereocenters. The molecule has 1 aromatic rings. The first-order valence-electron chi connectivity index (χ1n) is 8.85. The molecule has 1 fully saturated rings. The minimum atomic E-state index is -0.441. The number of hydrogen-bond acceptors (Lipinski definition) is 4. The molecule has 23 heavy (non-hydrogen) atoms. The Morgan fingerprint density at radius 2 is 1.78 bits per heavy atom. The fraction of sp³-hybridized carbons (Fsp3) is 0.684. The summed E-state index contributed by atoms with van der Waals surface area (Å²) in [5.41, 5.74) is 2.40. The van der Waals surface area contributed by atoms with Gasteiger partial charge in [-0.1, -0.05) is 32.9 Å². The number of rotatable bonds is 7. The van der Waals surface area contributed by atoms with Gasteiger partial charge in [-0.15, -0.1) is 0 Å². The number of aliphatic hydroxyl groups is 1. The van der Waals surface area contributed by atoms with Crippen LogP contribution in [0.2, 0.25) is 0 Å². The number of likely N-dealkylation sites (N-methyl/N-ethyl adjacent to an activating group) is 1. The van der Waals surface area contributed by atoms with Gasteiger partial charge in [-0.05, 0) is 36.6 Å². The van der Waals surface area contributed by atoms with Crippen LogP contribution < -0.4 is 4.74 Å². The molecule has 0 bridgehead atoms. The molecule has 130 valence electrons. The van der Waals surface area contributed by atoms with Crippen LogP contribution >= 0.6 is 0 Å². The van der Waals surface area contributed by atoms with E-state index in [1.165, 1.54) is 11.1 Å². The number of benzene rings is 1. The van der Waals surface area contributed by atoms with Gasteiger partial charge in [0.2, 0.25) is 0 Å². The summed E-state index contributed by atoms with van der Waals surface area (Å²) in [5, 5.41) is 10.3. The quantitative estimate of drug-likeness (QED) is 0.837. The van der Waals surface area contributed by atoms with Crippen molar-refractivity contribution in [3.05, 3.63) is 29.3 Å². The van der Waals surface area contributed by atoms with E-state index >= 15 is 0 Å². The van der Waals surface area contributed by atoms with Gasteiger partial charge >= 0.3 is 0 Å². The van der Waals surface area contributed by atoms with Crippen molar-refractivity contribution in [2.75, 3.05) is 45.9 Å². The number of aryl methyl sites for hydroxylation is 1. The van der Waals surface area contributed by atoms with Gasteiger partial charge in [-0.3, -0.25) is 4.90 Å². The summed E-state index contributed by atoms with van der Waals surface area (Å²) in [6.07, 6.45) is -0.441. The minimum absolute atomic E-state index is 0.358. The van der Waals surface area contributed by atoms with Crippen molar-refractivity contribution in [2.45, 2.75) is 39.7 Å². The van der Waals surface area contributed by atoms with Gasteiger partial charge < -0.3 is 14.7 Å². The first-order chi connectivity index (χ1) is 11.0. The maximum Gasteiger partial charge on any atom is 0.123 e. The van der Waals surface area contributed by atoms with E-state index in [1.54, 1.807) is 0 Å². The molecule has 4 heteroatoms. The van der Waals surface area contributed by atoms with Gasteiger partial charge in [0.05, 0.1) is 0 Å². The first kappa shape index (κ1) is 18.2. The largest absolute Gasteiger partial charge is 0.491 e. The fourth-order valence-electron chi connectivity index (χ4n) is 3.07. The zero-order valence-electron chi connectivity index (χ0n) is 15.1. The molecular weight excluding hydrogens is 288 g/mol. The third-order valence-electron chi connectivity index (χ3n) is 4.60. The van der Waals surface area contributed by atoms with Crippen molar-refractivity contribution in [3.8, 4) is 5.75 Å². The van der Waals surface area contributed by atoms with Crippen molar-refractivity contribution in [1.82, 2.24) is 9.80 Å². The molecule has 0 aromatic heterocycles. The molecule has 0 aliphatic carbocycles.